The molecule has 3 nitrogen and oxygen atoms in total. The van der Waals surface area contributed by atoms with E-state index in [1.807, 2.05) is 30.3 Å². The van der Waals surface area contributed by atoms with Gasteiger partial charge in [0.25, 0.3) is 0 Å². The van der Waals surface area contributed by atoms with Crippen LogP contribution in [0.4, 0.5) is 4.79 Å². The van der Waals surface area contributed by atoms with E-state index in [0.29, 0.717) is 0 Å². The third-order valence-electron chi connectivity index (χ3n) is 1.87. The van der Waals surface area contributed by atoms with Crippen molar-refractivity contribution in [3.63, 3.8) is 0 Å². The zero-order chi connectivity index (χ0) is 13.6. The molecule has 0 fully saturated rings. The van der Waals surface area contributed by atoms with Gasteiger partial charge in [-0.2, -0.15) is 0 Å². The van der Waals surface area contributed by atoms with Gasteiger partial charge < -0.3 is 9.47 Å². The van der Waals surface area contributed by atoms with E-state index in [9.17, 15) is 4.79 Å². The largest absolute Gasteiger partial charge is 0.509 e. The van der Waals surface area contributed by atoms with Crippen LogP contribution in [0.15, 0.2) is 34.8 Å². The highest BCUT2D eigenvalue weighted by Crippen LogP contribution is 2.11. The summed E-state index contributed by atoms with van der Waals surface area (Å²) in [6.45, 7) is 5.59. The van der Waals surface area contributed by atoms with Crippen LogP contribution in [0.3, 0.4) is 0 Å². The summed E-state index contributed by atoms with van der Waals surface area (Å²) in [7, 11) is 0. The highest BCUT2D eigenvalue weighted by molar-refractivity contribution is 9.10. The Morgan fingerprint density at radius 3 is 2.44 bits per heavy atom. The van der Waals surface area contributed by atoms with Gasteiger partial charge in [0.1, 0.15) is 12.2 Å². The summed E-state index contributed by atoms with van der Waals surface area (Å²) in [4.78, 5) is 11.2. The summed E-state index contributed by atoms with van der Waals surface area (Å²) < 4.78 is 10.9. The number of halogens is 1. The maximum Gasteiger partial charge on any atom is 0.509 e. The van der Waals surface area contributed by atoms with Gasteiger partial charge in [0.2, 0.25) is 0 Å². The van der Waals surface area contributed by atoms with Gasteiger partial charge in [-0.1, -0.05) is 34.1 Å². The average molecular weight is 313 g/mol. The zero-order valence-electron chi connectivity index (χ0n) is 10.8. The Hall–Kier alpha value is -1.29. The SMILES string of the molecule is CC(C)(C)OC(=O)OC/C=C/c1ccc(Br)cc1. The van der Waals surface area contributed by atoms with Crippen molar-refractivity contribution in [2.24, 2.45) is 0 Å². The van der Waals surface area contributed by atoms with Crippen LogP contribution in [0.2, 0.25) is 0 Å². The van der Waals surface area contributed by atoms with E-state index in [2.05, 4.69) is 15.9 Å². The molecule has 4 heteroatoms. The summed E-state index contributed by atoms with van der Waals surface area (Å²) in [5, 5.41) is 0. The quantitative estimate of drug-likeness (QED) is 0.775. The average Bonchev–Trinajstić information content (AvgIpc) is 2.24. The first-order chi connectivity index (χ1) is 8.37. The lowest BCUT2D eigenvalue weighted by molar-refractivity contribution is -0.00234. The van der Waals surface area contributed by atoms with Crippen LogP contribution in [-0.2, 0) is 9.47 Å². The first-order valence-corrected chi connectivity index (χ1v) is 6.44. The van der Waals surface area contributed by atoms with Gasteiger partial charge in [-0.15, -0.1) is 0 Å². The van der Waals surface area contributed by atoms with Crippen molar-refractivity contribution in [2.45, 2.75) is 26.4 Å². The molecule has 0 aliphatic heterocycles. The summed E-state index contributed by atoms with van der Waals surface area (Å²) in [5.41, 5.74) is 0.526. The van der Waals surface area contributed by atoms with E-state index >= 15 is 0 Å². The fourth-order valence-corrected chi connectivity index (χ4v) is 1.42. The lowest BCUT2D eigenvalue weighted by Crippen LogP contribution is -2.24. The lowest BCUT2D eigenvalue weighted by atomic mass is 10.2. The van der Waals surface area contributed by atoms with Gasteiger partial charge in [0.05, 0.1) is 0 Å². The van der Waals surface area contributed by atoms with Gasteiger partial charge in [0.15, 0.2) is 0 Å². The van der Waals surface area contributed by atoms with Crippen LogP contribution in [0.1, 0.15) is 26.3 Å². The second kappa shape index (κ2) is 6.59. The monoisotopic (exact) mass is 312 g/mol. The highest BCUT2D eigenvalue weighted by atomic mass is 79.9. The molecule has 0 aliphatic carbocycles. The molecule has 0 atom stereocenters. The third-order valence-corrected chi connectivity index (χ3v) is 2.40. The fourth-order valence-electron chi connectivity index (χ4n) is 1.15. The highest BCUT2D eigenvalue weighted by Gasteiger charge is 2.16. The van der Waals surface area contributed by atoms with E-state index in [1.54, 1.807) is 26.8 Å². The molecule has 98 valence electrons. The topological polar surface area (TPSA) is 35.5 Å². The van der Waals surface area contributed by atoms with Crippen LogP contribution in [0.25, 0.3) is 6.08 Å². The van der Waals surface area contributed by atoms with E-state index in [-0.39, 0.29) is 6.61 Å². The maximum atomic E-state index is 11.2. The number of carbonyl (C=O) groups is 1. The molecule has 0 unspecified atom stereocenters. The molecular formula is C14H17BrO3. The normalized spacial score (nSPS) is 11.6. The van der Waals surface area contributed by atoms with Gasteiger partial charge in [-0.25, -0.2) is 4.79 Å². The number of rotatable bonds is 3. The summed E-state index contributed by atoms with van der Waals surface area (Å²) in [5.74, 6) is 0. The van der Waals surface area contributed by atoms with Crippen LogP contribution < -0.4 is 0 Å². The fraction of sp³-hybridized carbons (Fsp3) is 0.357. The number of hydrogen-bond acceptors (Lipinski definition) is 3. The number of carbonyl (C=O) groups excluding carboxylic acids is 1. The first kappa shape index (κ1) is 14.8. The lowest BCUT2D eigenvalue weighted by Gasteiger charge is -2.18. The molecule has 1 rings (SSSR count). The van der Waals surface area contributed by atoms with Crippen molar-refractivity contribution in [3.8, 4) is 0 Å². The van der Waals surface area contributed by atoms with E-state index in [0.717, 1.165) is 10.0 Å². The molecule has 0 aromatic heterocycles. The Labute approximate surface area is 116 Å². The molecule has 0 N–H and O–H groups in total. The van der Waals surface area contributed by atoms with Crippen LogP contribution in [-0.4, -0.2) is 18.4 Å². The van der Waals surface area contributed by atoms with E-state index in [1.165, 1.54) is 0 Å². The maximum absolute atomic E-state index is 11.2. The Morgan fingerprint density at radius 2 is 1.89 bits per heavy atom. The third kappa shape index (κ3) is 6.45. The Kier molecular flexibility index (Phi) is 5.41. The predicted octanol–water partition coefficient (Wildman–Crippen LogP) is 4.41. The molecule has 0 radical (unpaired) electrons. The van der Waals surface area contributed by atoms with Crippen LogP contribution >= 0.6 is 15.9 Å². The van der Waals surface area contributed by atoms with Crippen molar-refractivity contribution in [2.75, 3.05) is 6.61 Å². The summed E-state index contributed by atoms with van der Waals surface area (Å²) in [6, 6.07) is 7.84. The summed E-state index contributed by atoms with van der Waals surface area (Å²) in [6.07, 6.45) is 3.01. The van der Waals surface area contributed by atoms with Crippen molar-refractivity contribution in [1.29, 1.82) is 0 Å². The van der Waals surface area contributed by atoms with Crippen LogP contribution in [0.5, 0.6) is 0 Å². The van der Waals surface area contributed by atoms with Crippen molar-refractivity contribution >= 4 is 28.2 Å². The molecule has 0 aliphatic rings. The first-order valence-electron chi connectivity index (χ1n) is 5.65. The van der Waals surface area contributed by atoms with Crippen LogP contribution in [0, 0.1) is 0 Å². The minimum atomic E-state index is -0.650. The molecule has 18 heavy (non-hydrogen) atoms. The van der Waals surface area contributed by atoms with E-state index in [4.69, 9.17) is 9.47 Å². The minimum Gasteiger partial charge on any atom is -0.430 e. The Balaban J connectivity index is 2.33. The molecule has 0 amide bonds. The van der Waals surface area contributed by atoms with Gasteiger partial charge in [-0.05, 0) is 44.5 Å². The molecule has 0 saturated carbocycles. The minimum absolute atomic E-state index is 0.199. The Morgan fingerprint density at radius 1 is 1.28 bits per heavy atom. The Bertz CT molecular complexity index is 416. The summed E-state index contributed by atoms with van der Waals surface area (Å²) >= 11 is 3.36. The molecule has 0 bridgehead atoms. The molecule has 1 aromatic carbocycles. The van der Waals surface area contributed by atoms with Crippen molar-refractivity contribution in [3.05, 3.63) is 40.4 Å². The van der Waals surface area contributed by atoms with Gasteiger partial charge >= 0.3 is 6.16 Å². The smallest absolute Gasteiger partial charge is 0.430 e. The van der Waals surface area contributed by atoms with Gasteiger partial charge in [-0.3, -0.25) is 0 Å². The molecule has 0 heterocycles. The number of hydrogen-bond donors (Lipinski definition) is 0. The van der Waals surface area contributed by atoms with E-state index < -0.39 is 11.8 Å². The standard InChI is InChI=1S/C14H17BrO3/c1-14(2,3)18-13(16)17-10-4-5-11-6-8-12(15)9-7-11/h4-9H,10H2,1-3H3/b5-4+. The molecular weight excluding hydrogens is 296 g/mol. The van der Waals surface area contributed by atoms with Crippen molar-refractivity contribution in [1.82, 2.24) is 0 Å². The molecule has 0 saturated heterocycles. The predicted molar refractivity (Wildman–Crippen MR) is 75.4 cm³/mol. The number of benzene rings is 1. The van der Waals surface area contributed by atoms with Gasteiger partial charge in [0, 0.05) is 4.47 Å². The van der Waals surface area contributed by atoms with Crippen molar-refractivity contribution < 1.29 is 14.3 Å². The zero-order valence-corrected chi connectivity index (χ0v) is 12.4. The second-order valence-corrected chi connectivity index (χ2v) is 5.65. The molecule has 0 spiro atoms. The molecule has 1 aromatic rings. The second-order valence-electron chi connectivity index (χ2n) is 4.73. The number of ether oxygens (including phenoxy) is 2.